The second kappa shape index (κ2) is 11.7. The third kappa shape index (κ3) is 7.42. The molecule has 0 radical (unpaired) electrons. The van der Waals surface area contributed by atoms with Gasteiger partial charge >= 0.3 is 0 Å². The highest BCUT2D eigenvalue weighted by Gasteiger charge is 2.24. The molecule has 1 aliphatic heterocycles. The predicted molar refractivity (Wildman–Crippen MR) is 127 cm³/mol. The fraction of sp³-hybridized carbons (Fsp3) is 0.696. The van der Waals surface area contributed by atoms with Crippen LogP contribution < -0.4 is 10.1 Å². The molecule has 2 aromatic rings. The van der Waals surface area contributed by atoms with Crippen molar-refractivity contribution in [2.45, 2.75) is 70.8 Å². The number of rotatable bonds is 9. The Hall–Kier alpha value is -1.65. The third-order valence-electron chi connectivity index (χ3n) is 6.48. The summed E-state index contributed by atoms with van der Waals surface area (Å²) in [6.07, 6.45) is 7.14. The number of thiazole rings is 2. The van der Waals surface area contributed by atoms with Crippen LogP contribution in [0, 0.1) is 12.8 Å². The quantitative estimate of drug-likeness (QED) is 0.560. The number of hydrogen-bond donors (Lipinski definition) is 1. The van der Waals surface area contributed by atoms with Gasteiger partial charge in [0.05, 0.1) is 17.1 Å². The zero-order chi connectivity index (χ0) is 23.2. The Balaban J connectivity index is 1.13. The number of nitrogens with zero attached hydrogens (tertiary/aromatic N) is 3. The maximum atomic E-state index is 12.3. The maximum absolute atomic E-state index is 12.3. The van der Waals surface area contributed by atoms with Gasteiger partial charge in [0.25, 0.3) is 11.6 Å². The van der Waals surface area contributed by atoms with Crippen LogP contribution in [0.5, 0.6) is 5.19 Å². The highest BCUT2D eigenvalue weighted by atomic mass is 32.1. The lowest BCUT2D eigenvalue weighted by molar-refractivity contribution is -0.121. The van der Waals surface area contributed by atoms with E-state index in [4.69, 9.17) is 4.74 Å². The summed E-state index contributed by atoms with van der Waals surface area (Å²) >= 11 is 3.00. The molecule has 6 nitrogen and oxygen atoms in total. The van der Waals surface area contributed by atoms with E-state index in [1.54, 1.807) is 17.5 Å². The fourth-order valence-corrected chi connectivity index (χ4v) is 6.44. The molecule has 2 aromatic heterocycles. The van der Waals surface area contributed by atoms with Crippen molar-refractivity contribution < 1.29 is 18.3 Å². The molecule has 2 aliphatic rings. The summed E-state index contributed by atoms with van der Waals surface area (Å²) < 4.78 is 29.8. The number of ether oxygens (including phenoxy) is 1. The molecular formula is C23H32F2N4O2S2. The van der Waals surface area contributed by atoms with Crippen LogP contribution in [0.1, 0.15) is 52.6 Å². The predicted octanol–water partition coefficient (Wildman–Crippen LogP) is 4.26. The first-order chi connectivity index (χ1) is 15.9. The van der Waals surface area contributed by atoms with E-state index in [2.05, 4.69) is 20.2 Å². The van der Waals surface area contributed by atoms with E-state index in [0.29, 0.717) is 23.6 Å². The molecule has 1 fully saturated rings. The van der Waals surface area contributed by atoms with Gasteiger partial charge in [-0.25, -0.2) is 18.7 Å². The first-order valence-electron chi connectivity index (χ1n) is 11.8. The van der Waals surface area contributed by atoms with Crippen LogP contribution in [0.15, 0.2) is 6.20 Å². The number of amides is 1. The molecule has 0 saturated heterocycles. The van der Waals surface area contributed by atoms with Crippen LogP contribution >= 0.6 is 22.7 Å². The van der Waals surface area contributed by atoms with Crippen molar-refractivity contribution >= 4 is 28.6 Å². The van der Waals surface area contributed by atoms with Gasteiger partial charge in [-0.3, -0.25) is 4.79 Å². The smallest absolute Gasteiger partial charge is 0.273 e. The largest absolute Gasteiger partial charge is 0.464 e. The molecule has 3 heterocycles. The van der Waals surface area contributed by atoms with Gasteiger partial charge in [-0.2, -0.15) is 0 Å². The molecule has 0 bridgehead atoms. The molecule has 0 unspecified atom stereocenters. The van der Waals surface area contributed by atoms with Gasteiger partial charge in [0.15, 0.2) is 6.61 Å². The number of carbonyl (C=O) groups is 1. The van der Waals surface area contributed by atoms with Crippen molar-refractivity contribution in [1.29, 1.82) is 0 Å². The average molecular weight is 499 g/mol. The standard InChI is InChI=1S/C23H32F2N4O2S2/c1-15-26-13-18(32-15)12-22(30)27-17-4-2-16(3-5-17)6-9-29-10-7-19-20(8-11-29)33-23(28-19)31-14-21(24)25/h13,16-17,21H,2-12,14H2,1H3,(H,27,30)/t16-,17-. The molecule has 4 rings (SSSR count). The average Bonchev–Trinajstić information content (AvgIpc) is 3.32. The SMILES string of the molecule is Cc1ncc(CC(=O)N[C@H]2CC[C@H](CCN3CCc4nc(OCC(F)F)sc4CC3)CC2)s1. The summed E-state index contributed by atoms with van der Waals surface area (Å²) in [5.74, 6) is 0.822. The van der Waals surface area contributed by atoms with E-state index >= 15 is 0 Å². The van der Waals surface area contributed by atoms with Gasteiger partial charge in [0.1, 0.15) is 0 Å². The van der Waals surface area contributed by atoms with Crippen molar-refractivity contribution in [3.05, 3.63) is 26.7 Å². The minimum Gasteiger partial charge on any atom is -0.464 e. The van der Waals surface area contributed by atoms with Crippen molar-refractivity contribution in [3.8, 4) is 5.19 Å². The number of hydrogen-bond acceptors (Lipinski definition) is 7. The Morgan fingerprint density at radius 2 is 2.03 bits per heavy atom. The van der Waals surface area contributed by atoms with Gasteiger partial charge in [0.2, 0.25) is 5.91 Å². The minimum atomic E-state index is -2.47. The van der Waals surface area contributed by atoms with Crippen molar-refractivity contribution in [2.24, 2.45) is 5.92 Å². The van der Waals surface area contributed by atoms with E-state index in [1.807, 2.05) is 6.92 Å². The summed E-state index contributed by atoms with van der Waals surface area (Å²) in [4.78, 5) is 25.7. The normalized spacial score (nSPS) is 21.6. The van der Waals surface area contributed by atoms with Crippen molar-refractivity contribution in [1.82, 2.24) is 20.2 Å². The van der Waals surface area contributed by atoms with E-state index in [9.17, 15) is 13.6 Å². The molecular weight excluding hydrogens is 466 g/mol. The monoisotopic (exact) mass is 498 g/mol. The van der Waals surface area contributed by atoms with Gasteiger partial charge in [-0.1, -0.05) is 11.3 Å². The van der Waals surface area contributed by atoms with E-state index in [1.165, 1.54) is 22.6 Å². The lowest BCUT2D eigenvalue weighted by Gasteiger charge is -2.30. The Kier molecular flexibility index (Phi) is 8.65. The molecule has 0 aromatic carbocycles. The lowest BCUT2D eigenvalue weighted by atomic mass is 9.84. The summed E-state index contributed by atoms with van der Waals surface area (Å²) in [6.45, 7) is 4.38. The van der Waals surface area contributed by atoms with Gasteiger partial charge < -0.3 is 15.0 Å². The van der Waals surface area contributed by atoms with Crippen LogP contribution in [0.25, 0.3) is 0 Å². The molecule has 0 spiro atoms. The van der Waals surface area contributed by atoms with Crippen LogP contribution in [0.2, 0.25) is 0 Å². The number of halogens is 2. The summed E-state index contributed by atoms with van der Waals surface area (Å²) in [5.41, 5.74) is 1.01. The molecule has 1 N–H and O–H groups in total. The summed E-state index contributed by atoms with van der Waals surface area (Å²) in [5, 5.41) is 4.58. The fourth-order valence-electron chi connectivity index (χ4n) is 4.69. The Labute approximate surface area is 201 Å². The van der Waals surface area contributed by atoms with Crippen molar-refractivity contribution in [2.75, 3.05) is 26.2 Å². The number of alkyl halides is 2. The zero-order valence-electron chi connectivity index (χ0n) is 19.0. The first-order valence-corrected chi connectivity index (χ1v) is 13.4. The number of aromatic nitrogens is 2. The number of carbonyl (C=O) groups excluding carboxylic acids is 1. The maximum Gasteiger partial charge on any atom is 0.273 e. The molecule has 1 amide bonds. The molecule has 1 saturated carbocycles. The van der Waals surface area contributed by atoms with Crippen molar-refractivity contribution in [3.63, 3.8) is 0 Å². The molecule has 0 atom stereocenters. The number of fused-ring (bicyclic) bond motifs is 1. The number of nitrogens with one attached hydrogen (secondary N) is 1. The van der Waals surface area contributed by atoms with Gasteiger partial charge in [0, 0.05) is 41.5 Å². The molecule has 182 valence electrons. The van der Waals surface area contributed by atoms with Crippen LogP contribution in [0.4, 0.5) is 8.78 Å². The summed E-state index contributed by atoms with van der Waals surface area (Å²) in [7, 11) is 0. The Morgan fingerprint density at radius 1 is 1.24 bits per heavy atom. The third-order valence-corrected chi connectivity index (χ3v) is 8.46. The van der Waals surface area contributed by atoms with Crippen LogP contribution in [-0.4, -0.2) is 59.5 Å². The molecule has 10 heteroatoms. The highest BCUT2D eigenvalue weighted by molar-refractivity contribution is 7.13. The topological polar surface area (TPSA) is 67.4 Å². The lowest BCUT2D eigenvalue weighted by Crippen LogP contribution is -2.38. The van der Waals surface area contributed by atoms with Gasteiger partial charge in [-0.05, 0) is 57.9 Å². The van der Waals surface area contributed by atoms with Crippen LogP contribution in [-0.2, 0) is 24.1 Å². The Morgan fingerprint density at radius 3 is 2.76 bits per heavy atom. The second-order valence-electron chi connectivity index (χ2n) is 8.99. The highest BCUT2D eigenvalue weighted by Crippen LogP contribution is 2.30. The first kappa shape index (κ1) is 24.5. The second-order valence-corrected chi connectivity index (χ2v) is 11.4. The zero-order valence-corrected chi connectivity index (χ0v) is 20.7. The van der Waals surface area contributed by atoms with Crippen LogP contribution in [0.3, 0.4) is 0 Å². The van der Waals surface area contributed by atoms with E-state index < -0.39 is 13.0 Å². The van der Waals surface area contributed by atoms with E-state index in [-0.39, 0.29) is 5.91 Å². The van der Waals surface area contributed by atoms with E-state index in [0.717, 1.165) is 73.7 Å². The minimum absolute atomic E-state index is 0.107. The number of aryl methyl sites for hydroxylation is 1. The van der Waals surface area contributed by atoms with Gasteiger partial charge in [-0.15, -0.1) is 11.3 Å². The summed E-state index contributed by atoms with van der Waals surface area (Å²) in [6, 6.07) is 0.296. The Bertz CT molecular complexity index is 887. The molecule has 1 aliphatic carbocycles. The molecule has 33 heavy (non-hydrogen) atoms.